The molecule has 1 aromatic rings. The summed E-state index contributed by atoms with van der Waals surface area (Å²) in [7, 11) is 1.68. The lowest BCUT2D eigenvalue weighted by Gasteiger charge is -2.33. The first kappa shape index (κ1) is 13.4. The second-order valence-electron chi connectivity index (χ2n) is 4.99. The Kier molecular flexibility index (Phi) is 3.66. The Labute approximate surface area is 104 Å². The monoisotopic (exact) mass is 262 g/mol. The number of alkyl halides is 3. The van der Waals surface area contributed by atoms with E-state index in [-0.39, 0.29) is 18.8 Å². The molecule has 0 aromatic carbocycles. The molecule has 3 atom stereocenters. The number of hydrogen-bond donors (Lipinski definition) is 1. The van der Waals surface area contributed by atoms with E-state index in [2.05, 4.69) is 5.10 Å². The van der Waals surface area contributed by atoms with Crippen molar-refractivity contribution in [2.75, 3.05) is 0 Å². The Balaban J connectivity index is 2.07. The standard InChI is InChI=1S/C12H17F3N2O/c1-17-10(5-6-16-17)11(18)8-3-2-4-9(7-8)12(13,14)15/h5-6,8-9,11,18H,2-4,7H2,1H3. The minimum absolute atomic E-state index is 0.00977. The molecule has 0 amide bonds. The number of halogens is 3. The molecule has 2 rings (SSSR count). The minimum Gasteiger partial charge on any atom is -0.387 e. The van der Waals surface area contributed by atoms with Crippen molar-refractivity contribution >= 4 is 0 Å². The molecule has 18 heavy (non-hydrogen) atoms. The van der Waals surface area contributed by atoms with Gasteiger partial charge in [0.1, 0.15) is 0 Å². The van der Waals surface area contributed by atoms with Crippen molar-refractivity contribution in [3.63, 3.8) is 0 Å². The molecule has 0 radical (unpaired) electrons. The van der Waals surface area contributed by atoms with Crippen LogP contribution >= 0.6 is 0 Å². The number of hydrogen-bond acceptors (Lipinski definition) is 2. The van der Waals surface area contributed by atoms with E-state index in [0.29, 0.717) is 18.5 Å². The van der Waals surface area contributed by atoms with E-state index in [1.54, 1.807) is 19.3 Å². The van der Waals surface area contributed by atoms with Crippen molar-refractivity contribution in [3.05, 3.63) is 18.0 Å². The van der Waals surface area contributed by atoms with Gasteiger partial charge in [0.05, 0.1) is 17.7 Å². The maximum absolute atomic E-state index is 12.7. The summed E-state index contributed by atoms with van der Waals surface area (Å²) >= 11 is 0. The lowest BCUT2D eigenvalue weighted by molar-refractivity contribution is -0.189. The average Bonchev–Trinajstić information content (AvgIpc) is 2.73. The van der Waals surface area contributed by atoms with E-state index >= 15 is 0 Å². The summed E-state index contributed by atoms with van der Waals surface area (Å²) in [4.78, 5) is 0. The molecule has 1 saturated carbocycles. The molecule has 1 fully saturated rings. The van der Waals surface area contributed by atoms with Crippen LogP contribution in [0.15, 0.2) is 12.3 Å². The Morgan fingerprint density at radius 2 is 2.17 bits per heavy atom. The number of aliphatic hydroxyl groups excluding tert-OH is 1. The zero-order valence-corrected chi connectivity index (χ0v) is 10.2. The maximum atomic E-state index is 12.7. The van der Waals surface area contributed by atoms with Crippen molar-refractivity contribution in [3.8, 4) is 0 Å². The molecule has 6 heteroatoms. The summed E-state index contributed by atoms with van der Waals surface area (Å²) in [6.07, 6.45) is -2.12. The topological polar surface area (TPSA) is 38.0 Å². The molecule has 0 aliphatic heterocycles. The van der Waals surface area contributed by atoms with Gasteiger partial charge in [0.15, 0.2) is 0 Å². The molecule has 1 aliphatic carbocycles. The van der Waals surface area contributed by atoms with Crippen molar-refractivity contribution in [2.24, 2.45) is 18.9 Å². The van der Waals surface area contributed by atoms with Gasteiger partial charge in [0, 0.05) is 13.2 Å². The molecule has 1 aliphatic rings. The number of aliphatic hydroxyl groups is 1. The number of aryl methyl sites for hydroxylation is 1. The minimum atomic E-state index is -4.15. The summed E-state index contributed by atoms with van der Waals surface area (Å²) < 4.78 is 39.6. The van der Waals surface area contributed by atoms with E-state index in [9.17, 15) is 18.3 Å². The van der Waals surface area contributed by atoms with Crippen LogP contribution in [0.5, 0.6) is 0 Å². The fraction of sp³-hybridized carbons (Fsp3) is 0.750. The van der Waals surface area contributed by atoms with Crippen molar-refractivity contribution in [1.29, 1.82) is 0 Å². The van der Waals surface area contributed by atoms with Gasteiger partial charge >= 0.3 is 6.18 Å². The number of aromatic nitrogens is 2. The first-order valence-corrected chi connectivity index (χ1v) is 6.12. The SMILES string of the molecule is Cn1nccc1C(O)C1CCCC(C(F)(F)F)C1. The molecule has 0 saturated heterocycles. The predicted octanol–water partition coefficient (Wildman–Crippen LogP) is 2.82. The van der Waals surface area contributed by atoms with Crippen LogP contribution in [0.1, 0.15) is 37.5 Å². The van der Waals surface area contributed by atoms with Gasteiger partial charge in [-0.05, 0) is 31.2 Å². The normalized spacial score (nSPS) is 27.2. The van der Waals surface area contributed by atoms with E-state index < -0.39 is 18.2 Å². The van der Waals surface area contributed by atoms with Gasteiger partial charge in [0.2, 0.25) is 0 Å². The van der Waals surface area contributed by atoms with Crippen LogP contribution in [0.2, 0.25) is 0 Å². The van der Waals surface area contributed by atoms with Crippen LogP contribution in [-0.2, 0) is 7.05 Å². The highest BCUT2D eigenvalue weighted by molar-refractivity contribution is 5.06. The maximum Gasteiger partial charge on any atom is 0.391 e. The number of nitrogens with zero attached hydrogens (tertiary/aromatic N) is 2. The molecule has 0 bridgehead atoms. The second kappa shape index (κ2) is 4.91. The lowest BCUT2D eigenvalue weighted by atomic mass is 9.77. The highest BCUT2D eigenvalue weighted by Crippen LogP contribution is 2.43. The van der Waals surface area contributed by atoms with Gasteiger partial charge in [-0.3, -0.25) is 4.68 Å². The molecular weight excluding hydrogens is 245 g/mol. The van der Waals surface area contributed by atoms with Crippen LogP contribution in [0.4, 0.5) is 13.2 Å². The summed E-state index contributed by atoms with van der Waals surface area (Å²) in [6, 6.07) is 1.65. The molecule has 3 nitrogen and oxygen atoms in total. The van der Waals surface area contributed by atoms with Crippen molar-refractivity contribution < 1.29 is 18.3 Å². The van der Waals surface area contributed by atoms with Crippen molar-refractivity contribution in [1.82, 2.24) is 9.78 Å². The third-order valence-electron chi connectivity index (χ3n) is 3.79. The largest absolute Gasteiger partial charge is 0.391 e. The summed E-state index contributed by atoms with van der Waals surface area (Å²) in [6.45, 7) is 0. The Bertz CT molecular complexity index is 402. The highest BCUT2D eigenvalue weighted by atomic mass is 19.4. The fourth-order valence-corrected chi connectivity index (χ4v) is 2.73. The first-order valence-electron chi connectivity index (χ1n) is 6.12. The zero-order valence-electron chi connectivity index (χ0n) is 10.2. The lowest BCUT2D eigenvalue weighted by Crippen LogP contribution is -2.31. The predicted molar refractivity (Wildman–Crippen MR) is 59.7 cm³/mol. The quantitative estimate of drug-likeness (QED) is 0.890. The van der Waals surface area contributed by atoms with Gasteiger partial charge in [-0.1, -0.05) is 6.42 Å². The summed E-state index contributed by atoms with van der Waals surface area (Å²) in [5.41, 5.74) is 0.586. The third-order valence-corrected chi connectivity index (χ3v) is 3.79. The van der Waals surface area contributed by atoms with E-state index in [0.717, 1.165) is 0 Å². The smallest absolute Gasteiger partial charge is 0.387 e. The van der Waals surface area contributed by atoms with E-state index in [4.69, 9.17) is 0 Å². The Hall–Kier alpha value is -1.04. The van der Waals surface area contributed by atoms with Gasteiger partial charge in [0.25, 0.3) is 0 Å². The molecule has 1 aromatic heterocycles. The van der Waals surface area contributed by atoms with E-state index in [1.165, 1.54) is 4.68 Å². The number of rotatable bonds is 2. The van der Waals surface area contributed by atoms with Gasteiger partial charge in [-0.2, -0.15) is 18.3 Å². The van der Waals surface area contributed by atoms with Crippen LogP contribution in [0.3, 0.4) is 0 Å². The molecule has 3 unspecified atom stereocenters. The molecule has 1 heterocycles. The second-order valence-corrected chi connectivity index (χ2v) is 4.99. The Morgan fingerprint density at radius 3 is 2.72 bits per heavy atom. The Morgan fingerprint density at radius 1 is 1.44 bits per heavy atom. The van der Waals surface area contributed by atoms with Gasteiger partial charge in [-0.25, -0.2) is 0 Å². The van der Waals surface area contributed by atoms with Crippen LogP contribution < -0.4 is 0 Å². The van der Waals surface area contributed by atoms with Crippen LogP contribution in [-0.4, -0.2) is 21.1 Å². The van der Waals surface area contributed by atoms with Crippen molar-refractivity contribution in [2.45, 2.75) is 38.0 Å². The fourth-order valence-electron chi connectivity index (χ4n) is 2.73. The van der Waals surface area contributed by atoms with Gasteiger partial charge < -0.3 is 5.11 Å². The first-order chi connectivity index (χ1) is 8.39. The zero-order chi connectivity index (χ0) is 13.3. The van der Waals surface area contributed by atoms with Gasteiger partial charge in [-0.15, -0.1) is 0 Å². The summed E-state index contributed by atoms with van der Waals surface area (Å²) in [5, 5.41) is 14.1. The van der Waals surface area contributed by atoms with Crippen LogP contribution in [0, 0.1) is 11.8 Å². The third kappa shape index (κ3) is 2.68. The average molecular weight is 262 g/mol. The molecule has 0 spiro atoms. The summed E-state index contributed by atoms with van der Waals surface area (Å²) in [5.74, 6) is -1.61. The highest BCUT2D eigenvalue weighted by Gasteiger charge is 2.43. The van der Waals surface area contributed by atoms with Crippen LogP contribution in [0.25, 0.3) is 0 Å². The molecule has 1 N–H and O–H groups in total. The van der Waals surface area contributed by atoms with E-state index in [1.807, 2.05) is 0 Å². The molecule has 102 valence electrons. The molecular formula is C12H17F3N2O.